The lowest BCUT2D eigenvalue weighted by molar-refractivity contribution is 0.469. The number of thiophene rings is 2. The van der Waals surface area contributed by atoms with Crippen LogP contribution in [-0.2, 0) is 23.1 Å². The molecule has 0 aliphatic rings. The summed E-state index contributed by atoms with van der Waals surface area (Å²) >= 11 is 2.86. The normalized spacial score (nSPS) is 12.4. The van der Waals surface area contributed by atoms with Gasteiger partial charge in [-0.2, -0.15) is 15.6 Å². The second kappa shape index (κ2) is 7.02. The monoisotopic (exact) mass is 344 g/mol. The molecule has 0 atom stereocenters. The Morgan fingerprint density at radius 3 is 2.67 bits per heavy atom. The number of nitrogens with zero attached hydrogens (tertiary/aromatic N) is 1. The van der Waals surface area contributed by atoms with Crippen LogP contribution in [-0.4, -0.2) is 25.8 Å². The number of rotatable bonds is 7. The van der Waals surface area contributed by atoms with Crippen molar-refractivity contribution in [3.63, 3.8) is 0 Å². The van der Waals surface area contributed by atoms with E-state index >= 15 is 0 Å². The Kier molecular flexibility index (Phi) is 5.56. The minimum absolute atomic E-state index is 0.381. The van der Waals surface area contributed by atoms with Crippen molar-refractivity contribution in [3.05, 3.63) is 39.4 Å². The molecule has 2 aromatic rings. The number of hydrogen-bond donors (Lipinski definition) is 1. The van der Waals surface area contributed by atoms with Gasteiger partial charge in [0.15, 0.2) is 0 Å². The Morgan fingerprint density at radius 1 is 1.29 bits per heavy atom. The zero-order valence-corrected chi connectivity index (χ0v) is 14.8. The van der Waals surface area contributed by atoms with Crippen LogP contribution in [0.5, 0.6) is 0 Å². The molecule has 21 heavy (non-hydrogen) atoms. The first-order valence-corrected chi connectivity index (χ1v) is 9.94. The molecular formula is C14H20N2O2S3. The highest BCUT2D eigenvalue weighted by atomic mass is 32.2. The minimum Gasteiger partial charge on any atom is -0.310 e. The first-order chi connectivity index (χ1) is 9.89. The van der Waals surface area contributed by atoms with E-state index in [2.05, 4.69) is 19.2 Å². The maximum absolute atomic E-state index is 12.5. The van der Waals surface area contributed by atoms with Crippen LogP contribution < -0.4 is 5.32 Å². The van der Waals surface area contributed by atoms with Crippen molar-refractivity contribution >= 4 is 32.7 Å². The molecule has 0 aliphatic heterocycles. The molecular weight excluding hydrogens is 324 g/mol. The fraction of sp³-hybridized carbons (Fsp3) is 0.429. The Labute approximate surface area is 134 Å². The Balaban J connectivity index is 2.08. The van der Waals surface area contributed by atoms with E-state index in [4.69, 9.17) is 0 Å². The van der Waals surface area contributed by atoms with Crippen molar-refractivity contribution < 1.29 is 8.42 Å². The van der Waals surface area contributed by atoms with Crippen LogP contribution >= 0.6 is 22.7 Å². The van der Waals surface area contributed by atoms with Crippen LogP contribution in [0.2, 0.25) is 0 Å². The van der Waals surface area contributed by atoms with Gasteiger partial charge in [-0.15, -0.1) is 11.3 Å². The molecule has 7 heteroatoms. The number of hydrogen-bond acceptors (Lipinski definition) is 5. The quantitative estimate of drug-likeness (QED) is 0.839. The Morgan fingerprint density at radius 2 is 2.05 bits per heavy atom. The van der Waals surface area contributed by atoms with E-state index < -0.39 is 10.0 Å². The predicted molar refractivity (Wildman–Crippen MR) is 89.3 cm³/mol. The summed E-state index contributed by atoms with van der Waals surface area (Å²) in [5.41, 5.74) is 2.03. The molecule has 4 nitrogen and oxygen atoms in total. The molecule has 116 valence electrons. The third-order valence-electron chi connectivity index (χ3n) is 2.99. The smallest absolute Gasteiger partial charge is 0.252 e. The molecule has 0 amide bonds. The standard InChI is InChI=1S/C14H20N2O2S3/c1-11(2)15-7-13-6-14(20-10-13)21(17,18)16(3)8-12-4-5-19-9-12/h4-6,9-11,15H,7-8H2,1-3H3. The van der Waals surface area contributed by atoms with Gasteiger partial charge in [-0.1, -0.05) is 13.8 Å². The molecule has 0 saturated heterocycles. The molecule has 0 saturated carbocycles. The third-order valence-corrected chi connectivity index (χ3v) is 6.99. The maximum atomic E-state index is 12.5. The molecule has 1 N–H and O–H groups in total. The zero-order chi connectivity index (χ0) is 15.5. The number of nitrogens with one attached hydrogen (secondary N) is 1. The summed E-state index contributed by atoms with van der Waals surface area (Å²) in [4.78, 5) is 0. The fourth-order valence-electron chi connectivity index (χ4n) is 1.78. The van der Waals surface area contributed by atoms with Gasteiger partial charge in [0.25, 0.3) is 10.0 Å². The van der Waals surface area contributed by atoms with Gasteiger partial charge in [0.2, 0.25) is 0 Å². The van der Waals surface area contributed by atoms with Crippen molar-refractivity contribution in [2.24, 2.45) is 0 Å². The van der Waals surface area contributed by atoms with E-state index in [0.29, 0.717) is 23.3 Å². The first kappa shape index (κ1) is 16.6. The summed E-state index contributed by atoms with van der Waals surface area (Å²) < 4.78 is 26.9. The molecule has 0 bridgehead atoms. The second-order valence-corrected chi connectivity index (χ2v) is 9.17. The average molecular weight is 345 g/mol. The highest BCUT2D eigenvalue weighted by Crippen LogP contribution is 2.24. The molecule has 0 aliphatic carbocycles. The lowest BCUT2D eigenvalue weighted by Gasteiger charge is -2.15. The van der Waals surface area contributed by atoms with Crippen LogP contribution in [0.3, 0.4) is 0 Å². The molecule has 0 aromatic carbocycles. The second-order valence-electron chi connectivity index (χ2n) is 5.20. The van der Waals surface area contributed by atoms with E-state index in [0.717, 1.165) is 11.1 Å². The topological polar surface area (TPSA) is 49.4 Å². The molecule has 0 spiro atoms. The summed E-state index contributed by atoms with van der Waals surface area (Å²) in [5, 5.41) is 9.12. The Hall–Kier alpha value is -0.730. The van der Waals surface area contributed by atoms with Crippen LogP contribution in [0, 0.1) is 0 Å². The van der Waals surface area contributed by atoms with Crippen molar-refractivity contribution in [1.82, 2.24) is 9.62 Å². The van der Waals surface area contributed by atoms with E-state index in [9.17, 15) is 8.42 Å². The highest BCUT2D eigenvalue weighted by molar-refractivity contribution is 7.91. The molecule has 0 fully saturated rings. The van der Waals surface area contributed by atoms with Gasteiger partial charge in [-0.05, 0) is 39.4 Å². The van der Waals surface area contributed by atoms with Crippen LogP contribution in [0.25, 0.3) is 0 Å². The van der Waals surface area contributed by atoms with E-state index in [1.807, 2.05) is 22.2 Å². The van der Waals surface area contributed by atoms with Gasteiger partial charge in [0.05, 0.1) is 0 Å². The largest absolute Gasteiger partial charge is 0.310 e. The predicted octanol–water partition coefficient (Wildman–Crippen LogP) is 3.13. The average Bonchev–Trinajstić information content (AvgIpc) is 3.07. The van der Waals surface area contributed by atoms with Crippen molar-refractivity contribution in [1.29, 1.82) is 0 Å². The summed E-state index contributed by atoms with van der Waals surface area (Å²) in [6.07, 6.45) is 0. The summed E-state index contributed by atoms with van der Waals surface area (Å²) in [7, 11) is -1.78. The van der Waals surface area contributed by atoms with Crippen LogP contribution in [0.4, 0.5) is 0 Å². The maximum Gasteiger partial charge on any atom is 0.252 e. The lowest BCUT2D eigenvalue weighted by Crippen LogP contribution is -2.25. The van der Waals surface area contributed by atoms with E-state index in [-0.39, 0.29) is 0 Å². The summed E-state index contributed by atoms with van der Waals surface area (Å²) in [5.74, 6) is 0. The molecule has 2 heterocycles. The minimum atomic E-state index is -3.40. The SMILES string of the molecule is CC(C)NCc1csc(S(=O)(=O)N(C)Cc2ccsc2)c1. The number of sulfonamides is 1. The Bertz CT molecular complexity index is 660. The summed E-state index contributed by atoms with van der Waals surface area (Å²) in [6, 6.07) is 4.09. The van der Waals surface area contributed by atoms with Gasteiger partial charge in [0.1, 0.15) is 4.21 Å². The molecule has 0 radical (unpaired) electrons. The van der Waals surface area contributed by atoms with E-state index in [1.165, 1.54) is 15.6 Å². The molecule has 2 rings (SSSR count). The van der Waals surface area contributed by atoms with Gasteiger partial charge >= 0.3 is 0 Å². The van der Waals surface area contributed by atoms with Gasteiger partial charge in [-0.3, -0.25) is 0 Å². The third kappa shape index (κ3) is 4.37. The summed E-state index contributed by atoms with van der Waals surface area (Å²) in [6.45, 7) is 5.23. The van der Waals surface area contributed by atoms with Gasteiger partial charge in [0, 0.05) is 26.2 Å². The van der Waals surface area contributed by atoms with Crippen molar-refractivity contribution in [3.8, 4) is 0 Å². The van der Waals surface area contributed by atoms with Gasteiger partial charge in [-0.25, -0.2) is 8.42 Å². The first-order valence-electron chi connectivity index (χ1n) is 6.68. The van der Waals surface area contributed by atoms with E-state index in [1.54, 1.807) is 24.5 Å². The lowest BCUT2D eigenvalue weighted by atomic mass is 10.3. The zero-order valence-electron chi connectivity index (χ0n) is 12.4. The van der Waals surface area contributed by atoms with Crippen molar-refractivity contribution in [2.75, 3.05) is 7.05 Å². The highest BCUT2D eigenvalue weighted by Gasteiger charge is 2.23. The van der Waals surface area contributed by atoms with Crippen molar-refractivity contribution in [2.45, 2.75) is 37.2 Å². The van der Waals surface area contributed by atoms with Gasteiger partial charge < -0.3 is 5.32 Å². The molecule has 0 unspecified atom stereocenters. The fourth-order valence-corrected chi connectivity index (χ4v) is 5.02. The molecule has 2 aromatic heterocycles. The van der Waals surface area contributed by atoms with Crippen LogP contribution in [0.1, 0.15) is 25.0 Å². The van der Waals surface area contributed by atoms with Crippen LogP contribution in [0.15, 0.2) is 32.5 Å².